The molecule has 7 nitrogen and oxygen atoms in total. The van der Waals surface area contributed by atoms with E-state index in [0.29, 0.717) is 18.3 Å². The molecule has 0 amide bonds. The zero-order chi connectivity index (χ0) is 19.2. The van der Waals surface area contributed by atoms with Gasteiger partial charge in [0, 0.05) is 36.3 Å². The second-order valence-electron chi connectivity index (χ2n) is 6.41. The van der Waals surface area contributed by atoms with Gasteiger partial charge in [-0.25, -0.2) is 4.98 Å². The number of nitro groups is 1. The lowest BCUT2D eigenvalue weighted by molar-refractivity contribution is -0.384. The van der Waals surface area contributed by atoms with Gasteiger partial charge in [0.05, 0.1) is 10.6 Å². The molecular weight excluding hydrogens is 342 g/mol. The van der Waals surface area contributed by atoms with Gasteiger partial charge < -0.3 is 10.6 Å². The van der Waals surface area contributed by atoms with Crippen molar-refractivity contribution in [2.75, 3.05) is 10.6 Å². The van der Waals surface area contributed by atoms with Crippen LogP contribution in [-0.2, 0) is 6.54 Å². The SMILES string of the molecule is CC(C)Nc1nc(NCc2cccc([N+](=O)[O-])c2)cc(-c2ccccc2)n1. The topological polar surface area (TPSA) is 93.0 Å². The lowest BCUT2D eigenvalue weighted by atomic mass is 10.1. The van der Waals surface area contributed by atoms with Crippen molar-refractivity contribution in [2.45, 2.75) is 26.4 Å². The number of anilines is 2. The Bertz CT molecular complexity index is 929. The van der Waals surface area contributed by atoms with Crippen molar-refractivity contribution >= 4 is 17.5 Å². The van der Waals surface area contributed by atoms with Crippen LogP contribution in [0.5, 0.6) is 0 Å². The third-order valence-electron chi connectivity index (χ3n) is 3.81. The standard InChI is InChI=1S/C20H21N5O2/c1-14(2)22-20-23-18(16-8-4-3-5-9-16)12-19(24-20)21-13-15-7-6-10-17(11-15)25(26)27/h3-12,14H,13H2,1-2H3,(H2,21,22,23,24). The average molecular weight is 363 g/mol. The van der Waals surface area contributed by atoms with Crippen LogP contribution >= 0.6 is 0 Å². The Balaban J connectivity index is 1.85. The molecule has 3 aromatic rings. The molecule has 0 aliphatic heterocycles. The predicted octanol–water partition coefficient (Wildman–Crippen LogP) is 4.48. The summed E-state index contributed by atoms with van der Waals surface area (Å²) in [6.07, 6.45) is 0. The Morgan fingerprint density at radius 3 is 2.52 bits per heavy atom. The highest BCUT2D eigenvalue weighted by Crippen LogP contribution is 2.22. The van der Waals surface area contributed by atoms with E-state index in [1.165, 1.54) is 6.07 Å². The molecule has 0 fully saturated rings. The van der Waals surface area contributed by atoms with Crippen molar-refractivity contribution in [3.63, 3.8) is 0 Å². The minimum atomic E-state index is -0.396. The van der Waals surface area contributed by atoms with E-state index in [0.717, 1.165) is 16.8 Å². The first-order valence-electron chi connectivity index (χ1n) is 8.69. The summed E-state index contributed by atoms with van der Waals surface area (Å²) in [6, 6.07) is 18.5. The van der Waals surface area contributed by atoms with Crippen LogP contribution in [0.3, 0.4) is 0 Å². The van der Waals surface area contributed by atoms with Crippen molar-refractivity contribution < 1.29 is 4.92 Å². The normalized spacial score (nSPS) is 10.6. The van der Waals surface area contributed by atoms with Crippen LogP contribution in [0.25, 0.3) is 11.3 Å². The summed E-state index contributed by atoms with van der Waals surface area (Å²) < 4.78 is 0. The molecule has 0 atom stereocenters. The number of non-ortho nitro benzene ring substituents is 1. The first-order valence-corrected chi connectivity index (χ1v) is 8.69. The van der Waals surface area contributed by atoms with Crippen LogP contribution in [-0.4, -0.2) is 20.9 Å². The fourth-order valence-electron chi connectivity index (χ4n) is 2.59. The molecule has 0 aliphatic carbocycles. The average Bonchev–Trinajstić information content (AvgIpc) is 2.66. The first kappa shape index (κ1) is 18.3. The predicted molar refractivity (Wildman–Crippen MR) is 107 cm³/mol. The Labute approximate surface area is 157 Å². The summed E-state index contributed by atoms with van der Waals surface area (Å²) in [5.74, 6) is 1.19. The van der Waals surface area contributed by atoms with E-state index in [1.807, 2.05) is 56.3 Å². The van der Waals surface area contributed by atoms with E-state index in [1.54, 1.807) is 12.1 Å². The summed E-state index contributed by atoms with van der Waals surface area (Å²) in [5, 5.41) is 17.4. The molecule has 3 rings (SSSR count). The molecule has 1 aromatic heterocycles. The van der Waals surface area contributed by atoms with E-state index in [4.69, 9.17) is 0 Å². The Hall–Kier alpha value is -3.48. The zero-order valence-corrected chi connectivity index (χ0v) is 15.2. The molecule has 0 radical (unpaired) electrons. The van der Waals surface area contributed by atoms with Crippen molar-refractivity contribution in [1.82, 2.24) is 9.97 Å². The van der Waals surface area contributed by atoms with Gasteiger partial charge in [-0.15, -0.1) is 0 Å². The number of hydrogen-bond donors (Lipinski definition) is 2. The molecule has 0 unspecified atom stereocenters. The molecule has 2 aromatic carbocycles. The summed E-state index contributed by atoms with van der Waals surface area (Å²) in [6.45, 7) is 4.47. The summed E-state index contributed by atoms with van der Waals surface area (Å²) in [4.78, 5) is 19.6. The van der Waals surface area contributed by atoms with Gasteiger partial charge in [-0.3, -0.25) is 10.1 Å². The number of nitrogens with zero attached hydrogens (tertiary/aromatic N) is 3. The zero-order valence-electron chi connectivity index (χ0n) is 15.2. The van der Waals surface area contributed by atoms with Gasteiger partial charge in [-0.05, 0) is 19.4 Å². The van der Waals surface area contributed by atoms with E-state index in [9.17, 15) is 10.1 Å². The maximum absolute atomic E-state index is 10.9. The van der Waals surface area contributed by atoms with Gasteiger partial charge in [-0.2, -0.15) is 4.98 Å². The minimum absolute atomic E-state index is 0.0733. The van der Waals surface area contributed by atoms with Crippen LogP contribution < -0.4 is 10.6 Å². The quantitative estimate of drug-likeness (QED) is 0.475. The number of nitrogens with one attached hydrogen (secondary N) is 2. The van der Waals surface area contributed by atoms with E-state index in [2.05, 4.69) is 20.6 Å². The first-order chi connectivity index (χ1) is 13.0. The van der Waals surface area contributed by atoms with Crippen molar-refractivity contribution in [3.05, 3.63) is 76.3 Å². The number of hydrogen-bond acceptors (Lipinski definition) is 6. The van der Waals surface area contributed by atoms with Crippen molar-refractivity contribution in [3.8, 4) is 11.3 Å². The molecule has 0 bridgehead atoms. The smallest absolute Gasteiger partial charge is 0.269 e. The van der Waals surface area contributed by atoms with Gasteiger partial charge in [0.25, 0.3) is 5.69 Å². The molecule has 1 heterocycles. The van der Waals surface area contributed by atoms with E-state index in [-0.39, 0.29) is 11.7 Å². The van der Waals surface area contributed by atoms with Gasteiger partial charge in [0.1, 0.15) is 5.82 Å². The highest BCUT2D eigenvalue weighted by Gasteiger charge is 2.09. The van der Waals surface area contributed by atoms with Crippen molar-refractivity contribution in [2.24, 2.45) is 0 Å². The van der Waals surface area contributed by atoms with Crippen LogP contribution in [0.1, 0.15) is 19.4 Å². The fraction of sp³-hybridized carbons (Fsp3) is 0.200. The Kier molecular flexibility index (Phi) is 5.61. The second-order valence-corrected chi connectivity index (χ2v) is 6.41. The lowest BCUT2D eigenvalue weighted by Crippen LogP contribution is -2.14. The largest absolute Gasteiger partial charge is 0.366 e. The summed E-state index contributed by atoms with van der Waals surface area (Å²) >= 11 is 0. The van der Waals surface area contributed by atoms with Gasteiger partial charge >= 0.3 is 0 Å². The summed E-state index contributed by atoms with van der Waals surface area (Å²) in [7, 11) is 0. The molecule has 138 valence electrons. The minimum Gasteiger partial charge on any atom is -0.366 e. The molecule has 0 saturated heterocycles. The molecule has 2 N–H and O–H groups in total. The molecular formula is C20H21N5O2. The van der Waals surface area contributed by atoms with Gasteiger partial charge in [0.15, 0.2) is 0 Å². The van der Waals surface area contributed by atoms with Crippen molar-refractivity contribution in [1.29, 1.82) is 0 Å². The van der Waals surface area contributed by atoms with Crippen LogP contribution in [0.4, 0.5) is 17.5 Å². The second kappa shape index (κ2) is 8.27. The molecule has 7 heteroatoms. The maximum Gasteiger partial charge on any atom is 0.269 e. The Morgan fingerprint density at radius 2 is 1.81 bits per heavy atom. The summed E-state index contributed by atoms with van der Waals surface area (Å²) in [5.41, 5.74) is 2.67. The lowest BCUT2D eigenvalue weighted by Gasteiger charge is -2.13. The molecule has 0 saturated carbocycles. The molecule has 27 heavy (non-hydrogen) atoms. The highest BCUT2D eigenvalue weighted by atomic mass is 16.6. The molecule has 0 aliphatic rings. The van der Waals surface area contributed by atoms with Gasteiger partial charge in [0.2, 0.25) is 5.95 Å². The van der Waals surface area contributed by atoms with Gasteiger partial charge in [-0.1, -0.05) is 42.5 Å². The Morgan fingerprint density at radius 1 is 1.04 bits per heavy atom. The van der Waals surface area contributed by atoms with Crippen LogP contribution in [0.2, 0.25) is 0 Å². The highest BCUT2D eigenvalue weighted by molar-refractivity contribution is 5.64. The number of nitro benzene ring substituents is 1. The fourth-order valence-corrected chi connectivity index (χ4v) is 2.59. The monoisotopic (exact) mass is 363 g/mol. The number of benzene rings is 2. The molecule has 0 spiro atoms. The van der Waals surface area contributed by atoms with Crippen LogP contribution in [0.15, 0.2) is 60.7 Å². The third-order valence-corrected chi connectivity index (χ3v) is 3.81. The van der Waals surface area contributed by atoms with Crippen LogP contribution in [0, 0.1) is 10.1 Å². The van der Waals surface area contributed by atoms with E-state index >= 15 is 0 Å². The maximum atomic E-state index is 10.9. The van der Waals surface area contributed by atoms with E-state index < -0.39 is 4.92 Å². The number of aromatic nitrogens is 2. The number of rotatable bonds is 7. The third kappa shape index (κ3) is 5.01.